The third kappa shape index (κ3) is 4.79. The minimum absolute atomic E-state index is 0.104. The number of carboxylic acid groups (broad SMARTS) is 1. The summed E-state index contributed by atoms with van der Waals surface area (Å²) >= 11 is 0. The number of hydrogen-bond acceptors (Lipinski definition) is 3. The molecule has 1 aromatic rings. The normalized spacial score (nSPS) is 11.7. The molecule has 0 aliphatic heterocycles. The molecule has 4 N–H and O–H groups in total. The minimum Gasteiger partial charge on any atom is -0.479 e. The van der Waals surface area contributed by atoms with Gasteiger partial charge in [0, 0.05) is 6.54 Å². The van der Waals surface area contributed by atoms with Gasteiger partial charge in [-0.1, -0.05) is 12.1 Å². The van der Waals surface area contributed by atoms with Gasteiger partial charge in [0.1, 0.15) is 5.82 Å². The zero-order valence-electron chi connectivity index (χ0n) is 9.39. The van der Waals surface area contributed by atoms with Crippen LogP contribution >= 0.6 is 0 Å². The molecular formula is C11H13FN2O4. The van der Waals surface area contributed by atoms with Crippen molar-refractivity contribution in [2.75, 3.05) is 6.54 Å². The van der Waals surface area contributed by atoms with E-state index in [9.17, 15) is 14.0 Å². The molecule has 98 valence electrons. The number of aliphatic hydroxyl groups excluding tert-OH is 1. The Labute approximate surface area is 102 Å². The van der Waals surface area contributed by atoms with Crippen LogP contribution in [0.4, 0.5) is 9.18 Å². The van der Waals surface area contributed by atoms with Crippen LogP contribution in [0, 0.1) is 5.82 Å². The molecule has 0 saturated heterocycles. The molecule has 1 unspecified atom stereocenters. The van der Waals surface area contributed by atoms with Gasteiger partial charge < -0.3 is 20.8 Å². The summed E-state index contributed by atoms with van der Waals surface area (Å²) in [6.45, 7) is -0.295. The maximum atomic E-state index is 12.8. The molecule has 0 saturated carbocycles. The van der Waals surface area contributed by atoms with Crippen molar-refractivity contribution in [3.8, 4) is 0 Å². The molecule has 0 spiro atoms. The highest BCUT2D eigenvalue weighted by Gasteiger charge is 2.13. The Hall–Kier alpha value is -2.15. The molecule has 0 bridgehead atoms. The molecule has 1 rings (SSSR count). The Balaban J connectivity index is 2.31. The van der Waals surface area contributed by atoms with Crippen molar-refractivity contribution in [2.24, 2.45) is 0 Å². The third-order valence-corrected chi connectivity index (χ3v) is 2.08. The van der Waals surface area contributed by atoms with Gasteiger partial charge in [0.15, 0.2) is 6.10 Å². The summed E-state index contributed by atoms with van der Waals surface area (Å²) in [4.78, 5) is 21.5. The lowest BCUT2D eigenvalue weighted by Gasteiger charge is -2.09. The van der Waals surface area contributed by atoms with Crippen molar-refractivity contribution in [1.29, 1.82) is 0 Å². The van der Waals surface area contributed by atoms with Crippen LogP contribution < -0.4 is 10.6 Å². The van der Waals surface area contributed by atoms with Gasteiger partial charge in [0.25, 0.3) is 0 Å². The van der Waals surface area contributed by atoms with Gasteiger partial charge in [-0.2, -0.15) is 0 Å². The largest absolute Gasteiger partial charge is 0.479 e. The third-order valence-electron chi connectivity index (χ3n) is 2.08. The highest BCUT2D eigenvalue weighted by Crippen LogP contribution is 2.02. The average Bonchev–Trinajstić information content (AvgIpc) is 2.33. The first-order chi connectivity index (χ1) is 8.49. The van der Waals surface area contributed by atoms with E-state index < -0.39 is 30.5 Å². The second kappa shape index (κ2) is 6.55. The number of carbonyl (C=O) groups excluding carboxylic acids is 1. The van der Waals surface area contributed by atoms with Gasteiger partial charge in [-0.05, 0) is 17.7 Å². The number of urea groups is 1. The Kier molecular flexibility index (Phi) is 5.06. The maximum Gasteiger partial charge on any atom is 0.334 e. The summed E-state index contributed by atoms with van der Waals surface area (Å²) in [7, 11) is 0. The fourth-order valence-corrected chi connectivity index (χ4v) is 1.17. The molecule has 1 aromatic carbocycles. The molecule has 0 aliphatic carbocycles. The lowest BCUT2D eigenvalue weighted by atomic mass is 10.2. The summed E-state index contributed by atoms with van der Waals surface area (Å²) in [6.07, 6.45) is -1.65. The number of hydrogen-bond donors (Lipinski definition) is 4. The monoisotopic (exact) mass is 256 g/mol. The van der Waals surface area contributed by atoms with Crippen LogP contribution in [-0.4, -0.2) is 34.9 Å². The van der Waals surface area contributed by atoms with E-state index in [4.69, 9.17) is 10.2 Å². The zero-order valence-corrected chi connectivity index (χ0v) is 9.39. The highest BCUT2D eigenvalue weighted by atomic mass is 19.1. The van der Waals surface area contributed by atoms with E-state index in [2.05, 4.69) is 10.6 Å². The number of carboxylic acids is 1. The van der Waals surface area contributed by atoms with E-state index in [1.807, 2.05) is 0 Å². The van der Waals surface area contributed by atoms with Crippen LogP contribution in [0.25, 0.3) is 0 Å². The first-order valence-corrected chi connectivity index (χ1v) is 5.16. The van der Waals surface area contributed by atoms with Gasteiger partial charge in [-0.25, -0.2) is 14.0 Å². The summed E-state index contributed by atoms with van der Waals surface area (Å²) in [5.74, 6) is -1.82. The predicted molar refractivity (Wildman–Crippen MR) is 60.3 cm³/mol. The van der Waals surface area contributed by atoms with Crippen molar-refractivity contribution < 1.29 is 24.2 Å². The fourth-order valence-electron chi connectivity index (χ4n) is 1.17. The van der Waals surface area contributed by atoms with Gasteiger partial charge in [-0.15, -0.1) is 0 Å². The van der Waals surface area contributed by atoms with E-state index in [0.29, 0.717) is 5.56 Å². The Morgan fingerprint density at radius 3 is 2.67 bits per heavy atom. The topological polar surface area (TPSA) is 98.7 Å². The number of rotatable bonds is 5. The number of aliphatic hydroxyl groups is 1. The van der Waals surface area contributed by atoms with Gasteiger partial charge in [-0.3, -0.25) is 0 Å². The number of nitrogens with one attached hydrogen (secondary N) is 2. The minimum atomic E-state index is -1.65. The Bertz CT molecular complexity index is 439. The van der Waals surface area contributed by atoms with Crippen LogP contribution in [-0.2, 0) is 11.3 Å². The van der Waals surface area contributed by atoms with Crippen molar-refractivity contribution in [1.82, 2.24) is 10.6 Å². The summed E-state index contributed by atoms with van der Waals surface area (Å²) in [5.41, 5.74) is 0.573. The van der Waals surface area contributed by atoms with Gasteiger partial charge >= 0.3 is 12.0 Å². The number of aliphatic carboxylic acids is 1. The summed E-state index contributed by atoms with van der Waals surface area (Å²) in [6, 6.07) is 5.06. The van der Waals surface area contributed by atoms with Crippen LogP contribution in [0.15, 0.2) is 24.3 Å². The molecule has 2 amide bonds. The van der Waals surface area contributed by atoms with Crippen LogP contribution in [0.5, 0.6) is 0 Å². The predicted octanol–water partition coefficient (Wildman–Crippen LogP) is 0.0704. The molecular weight excluding hydrogens is 243 g/mol. The van der Waals surface area contributed by atoms with E-state index in [0.717, 1.165) is 0 Å². The molecule has 6 nitrogen and oxygen atoms in total. The Morgan fingerprint density at radius 2 is 2.06 bits per heavy atom. The summed E-state index contributed by atoms with van der Waals surface area (Å²) < 4.78 is 12.8. The highest BCUT2D eigenvalue weighted by molar-refractivity contribution is 5.76. The van der Waals surface area contributed by atoms with Crippen LogP contribution in [0.1, 0.15) is 5.56 Å². The maximum absolute atomic E-state index is 12.8. The summed E-state index contributed by atoms with van der Waals surface area (Å²) in [5, 5.41) is 21.8. The number of halogens is 1. The van der Waals surface area contributed by atoms with Crippen molar-refractivity contribution in [3.63, 3.8) is 0 Å². The number of carbonyl (C=O) groups is 2. The average molecular weight is 256 g/mol. The SMILES string of the molecule is O=C(NCc1cccc(F)c1)NCC(O)C(=O)O. The smallest absolute Gasteiger partial charge is 0.334 e. The van der Waals surface area contributed by atoms with Gasteiger partial charge in [0.05, 0.1) is 6.54 Å². The molecule has 1 atom stereocenters. The molecule has 0 fully saturated rings. The van der Waals surface area contributed by atoms with E-state index in [1.54, 1.807) is 6.07 Å². The van der Waals surface area contributed by atoms with Gasteiger partial charge in [0.2, 0.25) is 0 Å². The number of benzene rings is 1. The van der Waals surface area contributed by atoms with Crippen LogP contribution in [0.2, 0.25) is 0 Å². The second-order valence-electron chi connectivity index (χ2n) is 3.55. The van der Waals surface area contributed by atoms with Crippen LogP contribution in [0.3, 0.4) is 0 Å². The molecule has 0 aliphatic rings. The lowest BCUT2D eigenvalue weighted by Crippen LogP contribution is -2.41. The zero-order chi connectivity index (χ0) is 13.5. The quantitative estimate of drug-likeness (QED) is 0.599. The van der Waals surface area contributed by atoms with Crippen molar-refractivity contribution in [2.45, 2.75) is 12.6 Å². The molecule has 0 heterocycles. The Morgan fingerprint density at radius 1 is 1.33 bits per heavy atom. The first-order valence-electron chi connectivity index (χ1n) is 5.16. The van der Waals surface area contributed by atoms with Crippen molar-refractivity contribution in [3.05, 3.63) is 35.6 Å². The molecule has 18 heavy (non-hydrogen) atoms. The van der Waals surface area contributed by atoms with E-state index in [-0.39, 0.29) is 6.54 Å². The molecule has 7 heteroatoms. The lowest BCUT2D eigenvalue weighted by molar-refractivity contribution is -0.146. The van der Waals surface area contributed by atoms with E-state index in [1.165, 1.54) is 18.2 Å². The van der Waals surface area contributed by atoms with Crippen molar-refractivity contribution >= 4 is 12.0 Å². The number of amides is 2. The first kappa shape index (κ1) is 13.9. The molecule has 0 radical (unpaired) electrons. The van der Waals surface area contributed by atoms with E-state index >= 15 is 0 Å². The standard InChI is InChI=1S/C11H13FN2O4/c12-8-3-1-2-7(4-8)5-13-11(18)14-6-9(15)10(16)17/h1-4,9,15H,5-6H2,(H,16,17)(H2,13,14,18). The fraction of sp³-hybridized carbons (Fsp3) is 0.273. The molecule has 0 aromatic heterocycles. The second-order valence-corrected chi connectivity index (χ2v) is 3.55.